The van der Waals surface area contributed by atoms with Crippen LogP contribution >= 0.6 is 0 Å². The fourth-order valence-electron chi connectivity index (χ4n) is 6.19. The summed E-state index contributed by atoms with van der Waals surface area (Å²) in [5.41, 5.74) is 9.59. The number of hydrogen-bond acceptors (Lipinski definition) is 8. The molecular formula is C44H45N5O7. The Morgan fingerprint density at radius 1 is 0.625 bits per heavy atom. The lowest BCUT2D eigenvalue weighted by atomic mass is 9.88. The zero-order valence-corrected chi connectivity index (χ0v) is 30.8. The molecule has 0 saturated heterocycles. The van der Waals surface area contributed by atoms with Crippen molar-refractivity contribution in [3.05, 3.63) is 179 Å². The first kappa shape index (κ1) is 40.4. The van der Waals surface area contributed by atoms with Gasteiger partial charge in [-0.3, -0.25) is 25.2 Å². The van der Waals surface area contributed by atoms with E-state index in [9.17, 15) is 24.3 Å². The average molecular weight is 756 g/mol. The molecule has 288 valence electrons. The molecule has 56 heavy (non-hydrogen) atoms. The van der Waals surface area contributed by atoms with Crippen molar-refractivity contribution in [2.45, 2.75) is 44.1 Å². The van der Waals surface area contributed by atoms with Crippen LogP contribution in [-0.4, -0.2) is 59.2 Å². The van der Waals surface area contributed by atoms with Gasteiger partial charge in [0.25, 0.3) is 0 Å². The van der Waals surface area contributed by atoms with Gasteiger partial charge in [0.15, 0.2) is 0 Å². The normalized spacial score (nSPS) is 11.8. The summed E-state index contributed by atoms with van der Waals surface area (Å²) in [4.78, 5) is 59.6. The maximum absolute atomic E-state index is 14.9. The maximum Gasteiger partial charge on any atom is 0.414 e. The number of carbonyl (C=O) groups excluding carboxylic acids is 4. The van der Waals surface area contributed by atoms with E-state index in [0.29, 0.717) is 16.7 Å². The lowest BCUT2D eigenvalue weighted by Crippen LogP contribution is -2.52. The third-order valence-corrected chi connectivity index (χ3v) is 8.90. The van der Waals surface area contributed by atoms with E-state index in [1.807, 2.05) is 103 Å². The molecule has 0 radical (unpaired) electrons. The van der Waals surface area contributed by atoms with Crippen molar-refractivity contribution >= 4 is 30.0 Å². The summed E-state index contributed by atoms with van der Waals surface area (Å²) in [6.45, 7) is -0.553. The monoisotopic (exact) mass is 755 g/mol. The number of ether oxygens (including phenoxy) is 2. The minimum Gasteiger partial charge on any atom is -0.444 e. The number of aliphatic imine (C=N–C) groups is 1. The molecule has 2 atom stereocenters. The van der Waals surface area contributed by atoms with Crippen LogP contribution in [0.25, 0.3) is 0 Å². The Kier molecular flexibility index (Phi) is 15.3. The average Bonchev–Trinajstić information content (AvgIpc) is 3.23. The molecule has 5 N–H and O–H groups in total. The van der Waals surface area contributed by atoms with E-state index in [4.69, 9.17) is 15.2 Å². The molecule has 4 amide bonds. The maximum atomic E-state index is 14.9. The highest BCUT2D eigenvalue weighted by Crippen LogP contribution is 2.33. The number of amides is 4. The quantitative estimate of drug-likeness (QED) is 0.0526. The number of alkyl carbamates (subject to hydrolysis) is 2. The van der Waals surface area contributed by atoms with Crippen LogP contribution in [0.3, 0.4) is 0 Å². The van der Waals surface area contributed by atoms with Gasteiger partial charge in [0.1, 0.15) is 19.3 Å². The Hall–Kier alpha value is -6.79. The molecule has 5 aromatic rings. The van der Waals surface area contributed by atoms with E-state index in [0.717, 1.165) is 11.1 Å². The minimum absolute atomic E-state index is 0.0188. The molecule has 12 nitrogen and oxygen atoms in total. The van der Waals surface area contributed by atoms with Crippen LogP contribution in [-0.2, 0) is 32.3 Å². The third kappa shape index (κ3) is 11.9. The molecule has 0 aliphatic carbocycles. The van der Waals surface area contributed by atoms with E-state index in [2.05, 4.69) is 15.6 Å². The number of benzene rings is 5. The third-order valence-electron chi connectivity index (χ3n) is 8.90. The smallest absolute Gasteiger partial charge is 0.414 e. The number of primary amides is 1. The van der Waals surface area contributed by atoms with Crippen molar-refractivity contribution in [3.8, 4) is 0 Å². The zero-order valence-electron chi connectivity index (χ0n) is 30.8. The van der Waals surface area contributed by atoms with Gasteiger partial charge in [-0.1, -0.05) is 152 Å². The van der Waals surface area contributed by atoms with E-state index >= 15 is 0 Å². The van der Waals surface area contributed by atoms with E-state index in [1.54, 1.807) is 48.5 Å². The van der Waals surface area contributed by atoms with Crippen LogP contribution < -0.4 is 16.4 Å². The Morgan fingerprint density at radius 2 is 1.04 bits per heavy atom. The topological polar surface area (TPSA) is 173 Å². The predicted molar refractivity (Wildman–Crippen MR) is 212 cm³/mol. The second-order valence-electron chi connectivity index (χ2n) is 12.8. The first-order valence-electron chi connectivity index (χ1n) is 18.2. The van der Waals surface area contributed by atoms with Crippen molar-refractivity contribution in [2.75, 3.05) is 13.2 Å². The summed E-state index contributed by atoms with van der Waals surface area (Å²) < 4.78 is 10.7. The summed E-state index contributed by atoms with van der Waals surface area (Å²) in [5, 5.41) is 15.7. The Bertz CT molecular complexity index is 1920. The Labute approximate surface area is 326 Å². The second kappa shape index (κ2) is 21.2. The number of guanidine groups is 1. The van der Waals surface area contributed by atoms with Gasteiger partial charge >= 0.3 is 12.2 Å². The van der Waals surface area contributed by atoms with Crippen LogP contribution in [0.15, 0.2) is 157 Å². The van der Waals surface area contributed by atoms with E-state index in [-0.39, 0.29) is 38.6 Å². The SMILES string of the molecule is NC(=O)[C@@H](CCCN=C(NC(=O)OCc1ccccc1)NC(=O)OCc1ccccc1)N(C(=O)C(c1ccccc1)c1ccccc1)[C@@H](CO)c1ccccc1. The highest BCUT2D eigenvalue weighted by Gasteiger charge is 2.39. The van der Waals surface area contributed by atoms with Gasteiger partial charge < -0.3 is 25.2 Å². The van der Waals surface area contributed by atoms with Gasteiger partial charge in [0.05, 0.1) is 18.6 Å². The van der Waals surface area contributed by atoms with Gasteiger partial charge in [-0.25, -0.2) is 9.59 Å². The number of hydrogen-bond donors (Lipinski definition) is 4. The fraction of sp³-hybridized carbons (Fsp3) is 0.205. The largest absolute Gasteiger partial charge is 0.444 e. The van der Waals surface area contributed by atoms with Crippen LogP contribution in [0.4, 0.5) is 9.59 Å². The fourth-order valence-corrected chi connectivity index (χ4v) is 6.19. The van der Waals surface area contributed by atoms with Crippen molar-refractivity contribution in [1.29, 1.82) is 0 Å². The predicted octanol–water partition coefficient (Wildman–Crippen LogP) is 6.22. The van der Waals surface area contributed by atoms with Gasteiger partial charge in [-0.15, -0.1) is 0 Å². The van der Waals surface area contributed by atoms with E-state index in [1.165, 1.54) is 4.90 Å². The van der Waals surface area contributed by atoms with Crippen LogP contribution in [0.5, 0.6) is 0 Å². The van der Waals surface area contributed by atoms with E-state index < -0.39 is 48.6 Å². The van der Waals surface area contributed by atoms with Crippen molar-refractivity contribution in [2.24, 2.45) is 10.7 Å². The highest BCUT2D eigenvalue weighted by molar-refractivity contribution is 6.01. The van der Waals surface area contributed by atoms with Crippen LogP contribution in [0, 0.1) is 0 Å². The van der Waals surface area contributed by atoms with Crippen molar-refractivity contribution in [1.82, 2.24) is 15.5 Å². The summed E-state index contributed by atoms with van der Waals surface area (Å²) in [6.07, 6.45) is -1.53. The molecule has 0 heterocycles. The molecule has 0 aliphatic rings. The lowest BCUT2D eigenvalue weighted by molar-refractivity contribution is -0.144. The molecule has 0 unspecified atom stereocenters. The summed E-state index contributed by atoms with van der Waals surface area (Å²) >= 11 is 0. The number of aliphatic hydroxyl groups excluding tert-OH is 1. The van der Waals surface area contributed by atoms with Gasteiger partial charge in [0, 0.05) is 6.54 Å². The number of rotatable bonds is 16. The summed E-state index contributed by atoms with van der Waals surface area (Å²) in [7, 11) is 0. The standard InChI is InChI=1S/C44H45N5O7/c45-40(51)37(49(38(29-50)34-21-10-3-11-22-34)41(52)39(35-23-12-4-13-24-35)36-25-14-5-15-26-36)27-16-28-46-42(47-43(53)55-30-32-17-6-1-7-18-32)48-44(54)56-31-33-19-8-2-9-20-33/h1-15,17-26,37-39,50H,16,27-31H2,(H2,45,51)(H2,46,47,48,53,54)/t37-,38+/m1/s1. The molecular weight excluding hydrogens is 711 g/mol. The Balaban J connectivity index is 1.38. The number of nitrogens with two attached hydrogens (primary N) is 1. The molecule has 0 spiro atoms. The van der Waals surface area contributed by atoms with Crippen LogP contribution in [0.2, 0.25) is 0 Å². The number of aliphatic hydroxyl groups is 1. The van der Waals surface area contributed by atoms with Gasteiger partial charge in [0.2, 0.25) is 17.8 Å². The molecule has 5 rings (SSSR count). The van der Waals surface area contributed by atoms with Crippen LogP contribution in [0.1, 0.15) is 52.6 Å². The molecule has 0 saturated carbocycles. The first-order valence-corrected chi connectivity index (χ1v) is 18.2. The zero-order chi connectivity index (χ0) is 39.5. The number of nitrogens with zero attached hydrogens (tertiary/aromatic N) is 2. The number of nitrogens with one attached hydrogen (secondary N) is 2. The van der Waals surface area contributed by atoms with Crippen molar-refractivity contribution in [3.63, 3.8) is 0 Å². The minimum atomic E-state index is -1.18. The van der Waals surface area contributed by atoms with Gasteiger partial charge in [-0.2, -0.15) is 0 Å². The summed E-state index contributed by atoms with van der Waals surface area (Å²) in [6, 6.07) is 43.4. The summed E-state index contributed by atoms with van der Waals surface area (Å²) in [5.74, 6) is -2.26. The Morgan fingerprint density at radius 3 is 1.45 bits per heavy atom. The molecule has 0 fully saturated rings. The molecule has 0 aliphatic heterocycles. The first-order chi connectivity index (χ1) is 27.3. The molecule has 5 aromatic carbocycles. The molecule has 0 bridgehead atoms. The van der Waals surface area contributed by atoms with Gasteiger partial charge in [-0.05, 0) is 40.7 Å². The molecule has 12 heteroatoms. The van der Waals surface area contributed by atoms with Crippen molar-refractivity contribution < 1.29 is 33.8 Å². The second-order valence-corrected chi connectivity index (χ2v) is 12.8. The lowest BCUT2D eigenvalue weighted by Gasteiger charge is -2.38. The molecule has 0 aromatic heterocycles. The highest BCUT2D eigenvalue weighted by atomic mass is 16.6. The number of carbonyl (C=O) groups is 4.